The monoisotopic (exact) mass is 596 g/mol. The lowest BCUT2D eigenvalue weighted by Crippen LogP contribution is -2.53. The maximum absolute atomic E-state index is 14.2. The summed E-state index contributed by atoms with van der Waals surface area (Å²) in [5.41, 5.74) is 0.160. The van der Waals surface area contributed by atoms with Crippen LogP contribution >= 0.6 is 15.9 Å². The van der Waals surface area contributed by atoms with Crippen molar-refractivity contribution in [3.05, 3.63) is 63.9 Å². The molecular weight excluding hydrogens is 572 g/mol. The molecule has 12 heteroatoms. The molecule has 1 unspecified atom stereocenters. The van der Waals surface area contributed by atoms with E-state index in [0.29, 0.717) is 40.3 Å². The summed E-state index contributed by atoms with van der Waals surface area (Å²) >= 11 is 3.41. The van der Waals surface area contributed by atoms with Crippen molar-refractivity contribution in [1.82, 2.24) is 15.1 Å². The Bertz CT molecular complexity index is 1280. The first kappa shape index (κ1) is 26.5. The van der Waals surface area contributed by atoms with Crippen molar-refractivity contribution >= 4 is 39.5 Å². The molecule has 5 rings (SSSR count). The van der Waals surface area contributed by atoms with Crippen molar-refractivity contribution < 1.29 is 31.9 Å². The minimum Gasteiger partial charge on any atom is -0.374 e. The number of nitrogens with zero attached hydrogens (tertiary/aromatic N) is 3. The molecule has 1 saturated heterocycles. The van der Waals surface area contributed by atoms with E-state index in [2.05, 4.69) is 21.2 Å². The molecule has 2 heterocycles. The molecule has 3 aliphatic rings. The van der Waals surface area contributed by atoms with Gasteiger partial charge in [-0.15, -0.1) is 0 Å². The predicted molar refractivity (Wildman–Crippen MR) is 133 cm³/mol. The maximum atomic E-state index is 14.2. The van der Waals surface area contributed by atoms with Gasteiger partial charge in [-0.1, -0.05) is 34.1 Å². The van der Waals surface area contributed by atoms with Crippen molar-refractivity contribution in [2.45, 2.75) is 43.6 Å². The SMILES string of the molecule is CN1CCC2(NC(=O)N(CC(=O)N(Cc3ccc(F)cc3)[C@@H](C3CC3)C(F)(F)F)C2=O)c2ccc(Br)cc21. The maximum Gasteiger partial charge on any atom is 0.409 e. The van der Waals surface area contributed by atoms with E-state index in [-0.39, 0.29) is 6.42 Å². The Morgan fingerprint density at radius 1 is 1.18 bits per heavy atom. The number of amides is 4. The highest BCUT2D eigenvalue weighted by molar-refractivity contribution is 9.10. The molecule has 38 heavy (non-hydrogen) atoms. The van der Waals surface area contributed by atoms with E-state index < -0.39 is 60.4 Å². The Balaban J connectivity index is 1.44. The molecule has 2 aromatic carbocycles. The third kappa shape index (κ3) is 4.74. The van der Waals surface area contributed by atoms with Crippen LogP contribution in [0.1, 0.15) is 30.4 Å². The minimum atomic E-state index is -4.71. The molecule has 7 nitrogen and oxygen atoms in total. The summed E-state index contributed by atoms with van der Waals surface area (Å²) in [7, 11) is 1.85. The molecular formula is C26H25BrF4N4O3. The first-order chi connectivity index (χ1) is 17.9. The summed E-state index contributed by atoms with van der Waals surface area (Å²) in [6.07, 6.45) is -3.86. The second kappa shape index (κ2) is 9.55. The quantitative estimate of drug-likeness (QED) is 0.392. The molecule has 2 aromatic rings. The second-order valence-electron chi connectivity index (χ2n) is 10.0. The molecule has 0 radical (unpaired) electrons. The number of imide groups is 1. The molecule has 1 aliphatic carbocycles. The number of hydrogen-bond donors (Lipinski definition) is 1. The molecule has 202 valence electrons. The average molecular weight is 597 g/mol. The minimum absolute atomic E-state index is 0.236. The summed E-state index contributed by atoms with van der Waals surface area (Å²) in [6.45, 7) is -0.837. The predicted octanol–water partition coefficient (Wildman–Crippen LogP) is 4.54. The Hall–Kier alpha value is -3.15. The number of urea groups is 1. The summed E-state index contributed by atoms with van der Waals surface area (Å²) in [4.78, 5) is 43.5. The molecule has 0 aromatic heterocycles. The zero-order valence-electron chi connectivity index (χ0n) is 20.4. The Kier molecular flexibility index (Phi) is 6.65. The summed E-state index contributed by atoms with van der Waals surface area (Å²) in [5.74, 6) is -3.01. The lowest BCUT2D eigenvalue weighted by Gasteiger charge is -2.38. The van der Waals surface area contributed by atoms with Crippen LogP contribution in [0.15, 0.2) is 46.9 Å². The van der Waals surface area contributed by atoms with E-state index in [9.17, 15) is 31.9 Å². The van der Waals surface area contributed by atoms with Gasteiger partial charge in [-0.3, -0.25) is 14.5 Å². The number of anilines is 1. The van der Waals surface area contributed by atoms with Gasteiger partial charge in [0.2, 0.25) is 5.91 Å². The Morgan fingerprint density at radius 3 is 2.50 bits per heavy atom. The van der Waals surface area contributed by atoms with Gasteiger partial charge in [-0.2, -0.15) is 13.2 Å². The highest BCUT2D eigenvalue weighted by atomic mass is 79.9. The van der Waals surface area contributed by atoms with Crippen LogP contribution in [-0.4, -0.2) is 60.0 Å². The van der Waals surface area contributed by atoms with Crippen molar-refractivity contribution in [2.24, 2.45) is 5.92 Å². The molecule has 2 atom stereocenters. The number of alkyl halides is 3. The fourth-order valence-electron chi connectivity index (χ4n) is 5.36. The number of benzene rings is 2. The highest BCUT2D eigenvalue weighted by Crippen LogP contribution is 2.45. The van der Waals surface area contributed by atoms with Gasteiger partial charge in [-0.25, -0.2) is 9.18 Å². The number of carbonyl (C=O) groups excluding carboxylic acids is 3. The molecule has 2 aliphatic heterocycles. The highest BCUT2D eigenvalue weighted by Gasteiger charge is 2.57. The largest absolute Gasteiger partial charge is 0.409 e. The van der Waals surface area contributed by atoms with Gasteiger partial charge in [0.15, 0.2) is 5.54 Å². The number of hydrogen-bond acceptors (Lipinski definition) is 4. The van der Waals surface area contributed by atoms with Crippen LogP contribution in [0.2, 0.25) is 0 Å². The van der Waals surface area contributed by atoms with Crippen LogP contribution in [0.3, 0.4) is 0 Å². The first-order valence-electron chi connectivity index (χ1n) is 12.2. The van der Waals surface area contributed by atoms with Crippen molar-refractivity contribution in [1.29, 1.82) is 0 Å². The second-order valence-corrected chi connectivity index (χ2v) is 10.9. The normalized spacial score (nSPS) is 21.9. The summed E-state index contributed by atoms with van der Waals surface area (Å²) < 4.78 is 56.6. The fraction of sp³-hybridized carbons (Fsp3) is 0.423. The van der Waals surface area contributed by atoms with Crippen molar-refractivity contribution in [3.8, 4) is 0 Å². The van der Waals surface area contributed by atoms with Gasteiger partial charge < -0.3 is 15.1 Å². The molecule has 1 N–H and O–H groups in total. The van der Waals surface area contributed by atoms with Gasteiger partial charge in [-0.05, 0) is 48.6 Å². The third-order valence-electron chi connectivity index (χ3n) is 7.45. The molecule has 4 amide bonds. The van der Waals surface area contributed by atoms with Crippen molar-refractivity contribution in [2.75, 3.05) is 25.0 Å². The van der Waals surface area contributed by atoms with Crippen LogP contribution in [-0.2, 0) is 21.7 Å². The average Bonchev–Trinajstić information content (AvgIpc) is 3.65. The van der Waals surface area contributed by atoms with Gasteiger partial charge in [0.05, 0.1) is 0 Å². The number of carbonyl (C=O) groups is 3. The van der Waals surface area contributed by atoms with Crippen LogP contribution in [0.25, 0.3) is 0 Å². The van der Waals surface area contributed by atoms with E-state index in [1.54, 1.807) is 12.1 Å². The van der Waals surface area contributed by atoms with E-state index in [0.717, 1.165) is 22.3 Å². The van der Waals surface area contributed by atoms with Crippen LogP contribution in [0, 0.1) is 11.7 Å². The number of rotatable bonds is 6. The van der Waals surface area contributed by atoms with E-state index in [4.69, 9.17) is 0 Å². The van der Waals surface area contributed by atoms with Gasteiger partial charge >= 0.3 is 12.2 Å². The van der Waals surface area contributed by atoms with Gasteiger partial charge in [0, 0.05) is 42.3 Å². The lowest BCUT2D eigenvalue weighted by molar-refractivity contribution is -0.196. The smallest absolute Gasteiger partial charge is 0.374 e. The summed E-state index contributed by atoms with van der Waals surface area (Å²) in [6, 6.07) is 7.20. The first-order valence-corrected chi connectivity index (χ1v) is 13.0. The van der Waals surface area contributed by atoms with Gasteiger partial charge in [0.1, 0.15) is 18.4 Å². The summed E-state index contributed by atoms with van der Waals surface area (Å²) in [5, 5.41) is 2.72. The fourth-order valence-corrected chi connectivity index (χ4v) is 5.71. The number of fused-ring (bicyclic) bond motifs is 2. The van der Waals surface area contributed by atoms with E-state index >= 15 is 0 Å². The third-order valence-corrected chi connectivity index (χ3v) is 7.94. The van der Waals surface area contributed by atoms with Crippen LogP contribution in [0.5, 0.6) is 0 Å². The Labute approximate surface area is 224 Å². The number of halogens is 5. The lowest BCUT2D eigenvalue weighted by atomic mass is 9.82. The van der Waals surface area contributed by atoms with Gasteiger partial charge in [0.25, 0.3) is 5.91 Å². The Morgan fingerprint density at radius 2 is 1.87 bits per heavy atom. The molecule has 1 saturated carbocycles. The number of nitrogens with one attached hydrogen (secondary N) is 1. The van der Waals surface area contributed by atoms with E-state index in [1.165, 1.54) is 12.1 Å². The zero-order valence-corrected chi connectivity index (χ0v) is 22.0. The zero-order chi connectivity index (χ0) is 27.4. The van der Waals surface area contributed by atoms with Crippen molar-refractivity contribution in [3.63, 3.8) is 0 Å². The van der Waals surface area contributed by atoms with Crippen LogP contribution in [0.4, 0.5) is 28.0 Å². The molecule has 0 bridgehead atoms. The molecule has 1 spiro atoms. The van der Waals surface area contributed by atoms with E-state index in [1.807, 2.05) is 18.0 Å². The molecule has 2 fully saturated rings. The standard InChI is InChI=1S/C26H25BrF4N4O3/c1-33-11-10-25(19-9-6-17(27)12-20(19)33)23(37)35(24(38)32-25)14-21(36)34(13-15-2-7-18(28)8-3-15)22(16-4-5-16)26(29,30)31/h2-3,6-9,12,16,22H,4-5,10-11,13-14H2,1H3,(H,32,38)/t22-,25?/m0/s1. The topological polar surface area (TPSA) is 73.0 Å². The van der Waals surface area contributed by atoms with Crippen LogP contribution < -0.4 is 10.2 Å².